The number of fused-ring (bicyclic) bond motifs is 1. The maximum atomic E-state index is 12.9. The van der Waals surface area contributed by atoms with Crippen LogP contribution in [0.3, 0.4) is 0 Å². The van der Waals surface area contributed by atoms with Crippen LogP contribution in [0.25, 0.3) is 0 Å². The number of ether oxygens (including phenoxy) is 1. The molecule has 0 aliphatic carbocycles. The van der Waals surface area contributed by atoms with Gasteiger partial charge in [0.25, 0.3) is 5.91 Å². The quantitative estimate of drug-likeness (QED) is 0.932. The summed E-state index contributed by atoms with van der Waals surface area (Å²) >= 11 is 0. The van der Waals surface area contributed by atoms with Crippen LogP contribution in [0, 0.1) is 5.82 Å². The highest BCUT2D eigenvalue weighted by molar-refractivity contribution is 5.78. The van der Waals surface area contributed by atoms with Gasteiger partial charge >= 0.3 is 0 Å². The minimum Gasteiger partial charge on any atom is -0.484 e. The van der Waals surface area contributed by atoms with Crippen LogP contribution in [0.1, 0.15) is 32.6 Å². The molecule has 1 aromatic rings. The van der Waals surface area contributed by atoms with Crippen LogP contribution >= 0.6 is 0 Å². The van der Waals surface area contributed by atoms with Crippen molar-refractivity contribution in [3.63, 3.8) is 0 Å². The monoisotopic (exact) mass is 306 g/mol. The first-order valence-corrected chi connectivity index (χ1v) is 8.01. The number of nitrogens with zero attached hydrogens (tertiary/aromatic N) is 1. The van der Waals surface area contributed by atoms with Crippen molar-refractivity contribution in [3.8, 4) is 5.75 Å². The number of hydrogen-bond donors (Lipinski definition) is 1. The Kier molecular flexibility index (Phi) is 4.34. The maximum Gasteiger partial charge on any atom is 0.260 e. The fraction of sp³-hybridized carbons (Fsp3) is 0.588. The second-order valence-corrected chi connectivity index (χ2v) is 6.44. The minimum absolute atomic E-state index is 0.0121. The Labute approximate surface area is 130 Å². The van der Waals surface area contributed by atoms with Gasteiger partial charge in [0, 0.05) is 18.1 Å². The van der Waals surface area contributed by atoms with Crippen molar-refractivity contribution in [1.82, 2.24) is 10.2 Å². The number of carbonyl (C=O) groups excluding carboxylic acids is 1. The molecular formula is C17H23FN2O2. The highest BCUT2D eigenvalue weighted by Gasteiger charge is 2.43. The molecule has 0 spiro atoms. The van der Waals surface area contributed by atoms with E-state index in [1.807, 2.05) is 4.90 Å². The molecule has 2 aliphatic heterocycles. The molecule has 0 radical (unpaired) electrons. The lowest BCUT2D eigenvalue weighted by molar-refractivity contribution is -0.140. The number of halogens is 1. The molecule has 2 aliphatic rings. The van der Waals surface area contributed by atoms with E-state index in [1.165, 1.54) is 12.1 Å². The Bertz CT molecular complexity index is 530. The third-order valence-corrected chi connectivity index (χ3v) is 4.89. The molecule has 0 aromatic heterocycles. The zero-order valence-corrected chi connectivity index (χ0v) is 13.0. The topological polar surface area (TPSA) is 41.6 Å². The molecule has 22 heavy (non-hydrogen) atoms. The summed E-state index contributed by atoms with van der Waals surface area (Å²) in [5.74, 6) is 0.235. The molecule has 2 saturated heterocycles. The third kappa shape index (κ3) is 3.09. The SMILES string of the molecule is C[C@]12CCCN(C(=O)COc3ccc(F)cc3)[C@@H]1CCCN2. The predicted octanol–water partition coefficient (Wildman–Crippen LogP) is 2.34. The lowest BCUT2D eigenvalue weighted by Gasteiger charge is -2.51. The fourth-order valence-corrected chi connectivity index (χ4v) is 3.69. The van der Waals surface area contributed by atoms with E-state index in [9.17, 15) is 9.18 Å². The standard InChI is InChI=1S/C17H23FN2O2/c1-17-9-3-11-20(15(17)4-2-10-19-17)16(21)12-22-14-7-5-13(18)6-8-14/h5-8,15,19H,2-4,9-12H2,1H3/t15-,17+/m1/s1. The summed E-state index contributed by atoms with van der Waals surface area (Å²) in [6.07, 6.45) is 4.27. The van der Waals surface area contributed by atoms with Gasteiger partial charge in [-0.05, 0) is 63.4 Å². The van der Waals surface area contributed by atoms with Crippen LogP contribution in [0.5, 0.6) is 5.75 Å². The third-order valence-electron chi connectivity index (χ3n) is 4.89. The molecule has 1 amide bonds. The van der Waals surface area contributed by atoms with E-state index in [4.69, 9.17) is 4.74 Å². The Morgan fingerprint density at radius 3 is 2.95 bits per heavy atom. The number of rotatable bonds is 3. The second-order valence-electron chi connectivity index (χ2n) is 6.44. The smallest absolute Gasteiger partial charge is 0.260 e. The number of piperidine rings is 2. The number of amides is 1. The Morgan fingerprint density at radius 1 is 1.41 bits per heavy atom. The highest BCUT2D eigenvalue weighted by atomic mass is 19.1. The van der Waals surface area contributed by atoms with Crippen molar-refractivity contribution in [3.05, 3.63) is 30.1 Å². The largest absolute Gasteiger partial charge is 0.484 e. The lowest BCUT2D eigenvalue weighted by atomic mass is 9.78. The Hall–Kier alpha value is -1.62. The fourth-order valence-electron chi connectivity index (χ4n) is 3.69. The average molecular weight is 306 g/mol. The normalized spacial score (nSPS) is 28.1. The lowest BCUT2D eigenvalue weighted by Crippen LogP contribution is -2.66. The first-order valence-electron chi connectivity index (χ1n) is 8.01. The van der Waals surface area contributed by atoms with Gasteiger partial charge < -0.3 is 15.0 Å². The number of benzene rings is 1. The van der Waals surface area contributed by atoms with Gasteiger partial charge in [-0.1, -0.05) is 0 Å². The summed E-state index contributed by atoms with van der Waals surface area (Å²) in [7, 11) is 0. The van der Waals surface area contributed by atoms with Crippen LogP contribution in [-0.2, 0) is 4.79 Å². The molecular weight excluding hydrogens is 283 g/mol. The van der Waals surface area contributed by atoms with Gasteiger partial charge in [-0.3, -0.25) is 4.79 Å². The number of carbonyl (C=O) groups is 1. The molecule has 0 unspecified atom stereocenters. The van der Waals surface area contributed by atoms with Crippen molar-refractivity contribution in [1.29, 1.82) is 0 Å². The molecule has 1 N–H and O–H groups in total. The van der Waals surface area contributed by atoms with Crippen molar-refractivity contribution >= 4 is 5.91 Å². The zero-order valence-electron chi connectivity index (χ0n) is 13.0. The van der Waals surface area contributed by atoms with E-state index in [-0.39, 0.29) is 29.9 Å². The van der Waals surface area contributed by atoms with Crippen molar-refractivity contribution in [2.45, 2.75) is 44.2 Å². The summed E-state index contributed by atoms with van der Waals surface area (Å²) < 4.78 is 18.4. The molecule has 5 heteroatoms. The minimum atomic E-state index is -0.307. The van der Waals surface area contributed by atoms with E-state index in [0.717, 1.165) is 38.8 Å². The molecule has 2 heterocycles. The summed E-state index contributed by atoms with van der Waals surface area (Å²) in [6.45, 7) is 4.06. The summed E-state index contributed by atoms with van der Waals surface area (Å²) in [5.41, 5.74) is 0.0298. The molecule has 1 aromatic carbocycles. The van der Waals surface area contributed by atoms with Crippen LogP contribution in [-0.4, -0.2) is 42.1 Å². The first kappa shape index (κ1) is 15.3. The van der Waals surface area contributed by atoms with Gasteiger partial charge in [0.15, 0.2) is 6.61 Å². The molecule has 0 saturated carbocycles. The maximum absolute atomic E-state index is 12.9. The van der Waals surface area contributed by atoms with Gasteiger partial charge in [-0.25, -0.2) is 4.39 Å². The second kappa shape index (κ2) is 6.24. The first-order chi connectivity index (χ1) is 10.6. The molecule has 2 fully saturated rings. The van der Waals surface area contributed by atoms with Gasteiger partial charge in [-0.2, -0.15) is 0 Å². The van der Waals surface area contributed by atoms with E-state index < -0.39 is 0 Å². The van der Waals surface area contributed by atoms with Crippen molar-refractivity contribution in [2.75, 3.05) is 19.7 Å². The summed E-state index contributed by atoms with van der Waals surface area (Å²) in [5, 5.41) is 3.59. The van der Waals surface area contributed by atoms with E-state index in [2.05, 4.69) is 12.2 Å². The van der Waals surface area contributed by atoms with Crippen LogP contribution in [0.4, 0.5) is 4.39 Å². The molecule has 120 valence electrons. The Morgan fingerprint density at radius 2 is 2.18 bits per heavy atom. The molecule has 2 atom stereocenters. The molecule has 4 nitrogen and oxygen atoms in total. The average Bonchev–Trinajstić information content (AvgIpc) is 2.52. The number of nitrogens with one attached hydrogen (secondary N) is 1. The van der Waals surface area contributed by atoms with Gasteiger partial charge in [0.2, 0.25) is 0 Å². The van der Waals surface area contributed by atoms with Crippen LogP contribution in [0.15, 0.2) is 24.3 Å². The number of likely N-dealkylation sites (tertiary alicyclic amines) is 1. The highest BCUT2D eigenvalue weighted by Crippen LogP contribution is 2.33. The molecule has 0 bridgehead atoms. The Balaban J connectivity index is 1.62. The van der Waals surface area contributed by atoms with Crippen molar-refractivity contribution in [2.24, 2.45) is 0 Å². The molecule has 3 rings (SSSR count). The van der Waals surface area contributed by atoms with Gasteiger partial charge in [0.1, 0.15) is 11.6 Å². The summed E-state index contributed by atoms with van der Waals surface area (Å²) in [4.78, 5) is 14.5. The van der Waals surface area contributed by atoms with E-state index >= 15 is 0 Å². The van der Waals surface area contributed by atoms with Crippen LogP contribution < -0.4 is 10.1 Å². The number of hydrogen-bond acceptors (Lipinski definition) is 3. The predicted molar refractivity (Wildman–Crippen MR) is 82.3 cm³/mol. The van der Waals surface area contributed by atoms with Gasteiger partial charge in [-0.15, -0.1) is 0 Å². The van der Waals surface area contributed by atoms with E-state index in [1.54, 1.807) is 12.1 Å². The summed E-state index contributed by atoms with van der Waals surface area (Å²) in [6, 6.07) is 6.02. The van der Waals surface area contributed by atoms with E-state index in [0.29, 0.717) is 5.75 Å². The van der Waals surface area contributed by atoms with Gasteiger partial charge in [0.05, 0.1) is 0 Å². The zero-order chi connectivity index (χ0) is 15.6. The van der Waals surface area contributed by atoms with Crippen molar-refractivity contribution < 1.29 is 13.9 Å². The van der Waals surface area contributed by atoms with Crippen LogP contribution in [0.2, 0.25) is 0 Å².